The number of carbonyl (C=O) groups is 5. The summed E-state index contributed by atoms with van der Waals surface area (Å²) in [6.07, 6.45) is -1.85. The van der Waals surface area contributed by atoms with Gasteiger partial charge in [-0.3, -0.25) is 19.2 Å². The Morgan fingerprint density at radius 1 is 0.919 bits per heavy atom. The second-order valence-corrected chi connectivity index (χ2v) is 8.69. The molecule has 0 spiro atoms. The Hall–Kier alpha value is -4.01. The number of aliphatic hydroxyl groups excluding tert-OH is 2. The average molecular weight is 521 g/mol. The zero-order valence-corrected chi connectivity index (χ0v) is 20.3. The van der Waals surface area contributed by atoms with Crippen molar-refractivity contribution in [3.8, 4) is 0 Å². The van der Waals surface area contributed by atoms with E-state index in [-0.39, 0.29) is 6.42 Å². The van der Waals surface area contributed by atoms with E-state index in [9.17, 15) is 39.3 Å². The molecule has 6 atom stereocenters. The zero-order chi connectivity index (χ0) is 27.9. The lowest BCUT2D eigenvalue weighted by molar-refractivity contribution is -0.144. The summed E-state index contributed by atoms with van der Waals surface area (Å²) in [5.74, 6) is -5.30. The van der Waals surface area contributed by atoms with Crippen molar-refractivity contribution >= 4 is 40.5 Å². The Kier molecular flexibility index (Phi) is 10.1. The molecule has 0 aliphatic rings. The molecule has 4 amide bonds. The Labute approximate surface area is 211 Å². The number of aromatic amines is 1. The highest BCUT2D eigenvalue weighted by Gasteiger charge is 2.33. The van der Waals surface area contributed by atoms with Crippen molar-refractivity contribution in [1.82, 2.24) is 20.9 Å². The van der Waals surface area contributed by atoms with Gasteiger partial charge in [0.2, 0.25) is 23.6 Å². The first kappa shape index (κ1) is 29.2. The van der Waals surface area contributed by atoms with Crippen LogP contribution in [0.1, 0.15) is 25.8 Å². The highest BCUT2D eigenvalue weighted by Crippen LogP contribution is 2.19. The third-order valence-corrected chi connectivity index (χ3v) is 5.64. The molecule has 2 aromatic rings. The lowest BCUT2D eigenvalue weighted by atomic mass is 10.0. The van der Waals surface area contributed by atoms with E-state index < -0.39 is 72.4 Å². The number of aliphatic carboxylic acids is 1. The molecule has 37 heavy (non-hydrogen) atoms. The van der Waals surface area contributed by atoms with E-state index in [4.69, 9.17) is 11.5 Å². The lowest BCUT2D eigenvalue weighted by Gasteiger charge is -2.26. The van der Waals surface area contributed by atoms with Crippen molar-refractivity contribution in [3.63, 3.8) is 0 Å². The number of rotatable bonds is 13. The summed E-state index contributed by atoms with van der Waals surface area (Å²) in [6, 6.07) is 1.16. The SMILES string of the molecule is CC(O)C(N)C(=O)NC(C(=O)NC(Cc1c[nH]c2ccccc12)C(=O)NC(CC(N)=O)C(=O)O)C(C)O. The number of para-hydroxylation sites is 1. The second kappa shape index (κ2) is 12.8. The summed E-state index contributed by atoms with van der Waals surface area (Å²) in [7, 11) is 0. The smallest absolute Gasteiger partial charge is 0.326 e. The molecule has 1 heterocycles. The number of benzene rings is 1. The molecule has 0 saturated heterocycles. The predicted octanol–water partition coefficient (Wildman–Crippen LogP) is -2.79. The third-order valence-electron chi connectivity index (χ3n) is 5.64. The first-order valence-electron chi connectivity index (χ1n) is 11.4. The topological polar surface area (TPSA) is 250 Å². The quantitative estimate of drug-likeness (QED) is 0.132. The van der Waals surface area contributed by atoms with E-state index in [0.29, 0.717) is 5.56 Å². The van der Waals surface area contributed by atoms with Gasteiger partial charge in [-0.05, 0) is 25.5 Å². The first-order valence-corrected chi connectivity index (χ1v) is 11.4. The highest BCUT2D eigenvalue weighted by atomic mass is 16.4. The summed E-state index contributed by atoms with van der Waals surface area (Å²) >= 11 is 0. The molecule has 0 saturated carbocycles. The van der Waals surface area contributed by atoms with E-state index in [1.54, 1.807) is 30.5 Å². The van der Waals surface area contributed by atoms with Crippen molar-refractivity contribution in [2.45, 2.75) is 63.1 Å². The van der Waals surface area contributed by atoms with Gasteiger partial charge in [-0.2, -0.15) is 0 Å². The summed E-state index contributed by atoms with van der Waals surface area (Å²) in [6.45, 7) is 2.49. The van der Waals surface area contributed by atoms with Gasteiger partial charge in [0.05, 0.1) is 18.6 Å². The van der Waals surface area contributed by atoms with Crippen LogP contribution in [0.2, 0.25) is 0 Å². The fourth-order valence-corrected chi connectivity index (χ4v) is 3.54. The lowest BCUT2D eigenvalue weighted by Crippen LogP contribution is -2.61. The van der Waals surface area contributed by atoms with Crippen LogP contribution < -0.4 is 27.4 Å². The Balaban J connectivity index is 2.33. The number of H-pyrrole nitrogens is 1. The largest absolute Gasteiger partial charge is 0.480 e. The van der Waals surface area contributed by atoms with Crippen LogP contribution in [0, 0.1) is 0 Å². The predicted molar refractivity (Wildman–Crippen MR) is 131 cm³/mol. The number of nitrogens with two attached hydrogens (primary N) is 2. The maximum atomic E-state index is 13.1. The third kappa shape index (κ3) is 7.99. The number of nitrogens with one attached hydrogen (secondary N) is 4. The number of primary amides is 1. The minimum atomic E-state index is -1.65. The van der Waals surface area contributed by atoms with Gasteiger partial charge in [0, 0.05) is 23.5 Å². The molecule has 6 unspecified atom stereocenters. The van der Waals surface area contributed by atoms with Crippen molar-refractivity contribution < 1.29 is 39.3 Å². The number of carboxylic acids is 1. The van der Waals surface area contributed by atoms with E-state index in [2.05, 4.69) is 20.9 Å². The second-order valence-electron chi connectivity index (χ2n) is 8.69. The molecule has 202 valence electrons. The number of fused-ring (bicyclic) bond motifs is 1. The van der Waals surface area contributed by atoms with Crippen LogP contribution in [-0.2, 0) is 30.4 Å². The number of aliphatic hydroxyl groups is 2. The molecule has 0 radical (unpaired) electrons. The molecule has 14 heteroatoms. The first-order chi connectivity index (χ1) is 17.3. The van der Waals surface area contributed by atoms with Gasteiger partial charge >= 0.3 is 5.97 Å². The molecule has 0 aliphatic heterocycles. The summed E-state index contributed by atoms with van der Waals surface area (Å²) in [5, 5.41) is 36.6. The molecule has 1 aromatic heterocycles. The van der Waals surface area contributed by atoms with Crippen LogP contribution in [-0.4, -0.2) is 86.3 Å². The maximum absolute atomic E-state index is 13.1. The van der Waals surface area contributed by atoms with Gasteiger partial charge in [-0.15, -0.1) is 0 Å². The molecular formula is C23H32N6O8. The summed E-state index contributed by atoms with van der Waals surface area (Å²) in [4.78, 5) is 64.2. The Morgan fingerprint density at radius 2 is 1.54 bits per heavy atom. The van der Waals surface area contributed by atoms with E-state index >= 15 is 0 Å². The molecular weight excluding hydrogens is 488 g/mol. The fraction of sp³-hybridized carbons (Fsp3) is 0.435. The minimum Gasteiger partial charge on any atom is -0.480 e. The van der Waals surface area contributed by atoms with Gasteiger partial charge in [-0.25, -0.2) is 4.79 Å². The molecule has 0 bridgehead atoms. The van der Waals surface area contributed by atoms with E-state index in [1.807, 2.05) is 0 Å². The van der Waals surface area contributed by atoms with Crippen molar-refractivity contribution in [3.05, 3.63) is 36.0 Å². The average Bonchev–Trinajstić information content (AvgIpc) is 3.22. The summed E-state index contributed by atoms with van der Waals surface area (Å²) < 4.78 is 0. The fourth-order valence-electron chi connectivity index (χ4n) is 3.54. The summed E-state index contributed by atoms with van der Waals surface area (Å²) in [5.41, 5.74) is 12.0. The normalized spacial score (nSPS) is 16.0. The van der Waals surface area contributed by atoms with E-state index in [1.165, 1.54) is 13.8 Å². The Morgan fingerprint density at radius 3 is 2.11 bits per heavy atom. The molecule has 0 aliphatic carbocycles. The standard InChI is InChI=1S/C23H32N6O8/c1-10(30)18(25)21(34)29-19(11(2)31)22(35)27-15(20(33)28-16(23(36)37)8-17(24)32)7-12-9-26-14-6-4-3-5-13(12)14/h3-6,9-11,15-16,18-19,26,30-31H,7-8,25H2,1-2H3,(H2,24,32)(H,27,35)(H,28,33)(H,29,34)(H,36,37). The van der Waals surface area contributed by atoms with Crippen LogP contribution in [0.15, 0.2) is 30.5 Å². The molecule has 2 rings (SSSR count). The zero-order valence-electron chi connectivity index (χ0n) is 20.3. The van der Waals surface area contributed by atoms with Crippen LogP contribution in [0.4, 0.5) is 0 Å². The number of amides is 4. The van der Waals surface area contributed by atoms with E-state index in [0.717, 1.165) is 10.9 Å². The highest BCUT2D eigenvalue weighted by molar-refractivity contribution is 5.96. The van der Waals surface area contributed by atoms with Crippen LogP contribution in [0.25, 0.3) is 10.9 Å². The molecule has 14 nitrogen and oxygen atoms in total. The maximum Gasteiger partial charge on any atom is 0.326 e. The van der Waals surface area contributed by atoms with Crippen molar-refractivity contribution in [1.29, 1.82) is 0 Å². The number of aromatic nitrogens is 1. The molecule has 11 N–H and O–H groups in total. The van der Waals surface area contributed by atoms with Gasteiger partial charge in [0.25, 0.3) is 0 Å². The van der Waals surface area contributed by atoms with Crippen molar-refractivity contribution in [2.24, 2.45) is 11.5 Å². The van der Waals surface area contributed by atoms with Gasteiger partial charge in [0.15, 0.2) is 0 Å². The van der Waals surface area contributed by atoms with Crippen LogP contribution >= 0.6 is 0 Å². The van der Waals surface area contributed by atoms with Crippen LogP contribution in [0.5, 0.6) is 0 Å². The number of hydrogen-bond acceptors (Lipinski definition) is 8. The Bertz CT molecular complexity index is 1150. The van der Waals surface area contributed by atoms with Gasteiger partial charge < -0.3 is 47.7 Å². The molecule has 0 fully saturated rings. The van der Waals surface area contributed by atoms with Gasteiger partial charge in [0.1, 0.15) is 24.2 Å². The monoisotopic (exact) mass is 520 g/mol. The van der Waals surface area contributed by atoms with Crippen LogP contribution in [0.3, 0.4) is 0 Å². The number of carbonyl (C=O) groups excluding carboxylic acids is 4. The van der Waals surface area contributed by atoms with Gasteiger partial charge in [-0.1, -0.05) is 18.2 Å². The molecule has 1 aromatic carbocycles. The van der Waals surface area contributed by atoms with Crippen molar-refractivity contribution in [2.75, 3.05) is 0 Å². The number of carboxylic acid groups (broad SMARTS) is 1. The minimum absolute atomic E-state index is 0.113. The number of hydrogen-bond donors (Lipinski definition) is 9.